The fourth-order valence-electron chi connectivity index (χ4n) is 2.06. The number of hydrogen-bond acceptors (Lipinski definition) is 4. The van der Waals surface area contributed by atoms with Gasteiger partial charge in [-0.25, -0.2) is 0 Å². The summed E-state index contributed by atoms with van der Waals surface area (Å²) in [4.78, 5) is 14.3. The van der Waals surface area contributed by atoms with Gasteiger partial charge in [-0.2, -0.15) is 13.2 Å². The van der Waals surface area contributed by atoms with Gasteiger partial charge in [0.2, 0.25) is 0 Å². The topological polar surface area (TPSA) is 55.8 Å². The van der Waals surface area contributed by atoms with E-state index >= 15 is 0 Å². The molecular formula is C11H20F3N3O2. The molecular weight excluding hydrogens is 263 g/mol. The second kappa shape index (κ2) is 6.06. The standard InChI is InChI=1S/C11H20F3N3O2/c1-10(15-2,9(18)19)7-16-3-5-17(6-4-16)8-11(12,13)14/h15H,3-8H2,1-2H3,(H,18,19). The highest BCUT2D eigenvalue weighted by Crippen LogP contribution is 2.18. The number of nitrogens with zero attached hydrogens (tertiary/aromatic N) is 2. The van der Waals surface area contributed by atoms with Crippen LogP contribution in [0.2, 0.25) is 0 Å². The second-order valence-electron chi connectivity index (χ2n) is 5.05. The summed E-state index contributed by atoms with van der Waals surface area (Å²) in [7, 11) is 1.56. The minimum atomic E-state index is -4.18. The molecule has 1 aliphatic heterocycles. The van der Waals surface area contributed by atoms with Crippen molar-refractivity contribution in [3.8, 4) is 0 Å². The number of halogens is 3. The molecule has 1 rings (SSSR count). The Bertz CT molecular complexity index is 317. The summed E-state index contributed by atoms with van der Waals surface area (Å²) in [6, 6.07) is 0. The van der Waals surface area contributed by atoms with Crippen LogP contribution in [0.4, 0.5) is 13.2 Å². The van der Waals surface area contributed by atoms with Crippen molar-refractivity contribution in [2.24, 2.45) is 0 Å². The van der Waals surface area contributed by atoms with Crippen molar-refractivity contribution in [3.05, 3.63) is 0 Å². The summed E-state index contributed by atoms with van der Waals surface area (Å²) in [5, 5.41) is 11.9. The van der Waals surface area contributed by atoms with Crippen LogP contribution in [0, 0.1) is 0 Å². The number of alkyl halides is 3. The molecule has 1 unspecified atom stereocenters. The predicted molar refractivity (Wildman–Crippen MR) is 64.0 cm³/mol. The molecule has 19 heavy (non-hydrogen) atoms. The Balaban J connectivity index is 2.44. The normalized spacial score (nSPS) is 22.2. The van der Waals surface area contributed by atoms with Gasteiger partial charge in [0.25, 0.3) is 0 Å². The van der Waals surface area contributed by atoms with Crippen molar-refractivity contribution in [2.75, 3.05) is 46.3 Å². The number of rotatable bonds is 5. The maximum absolute atomic E-state index is 12.2. The number of nitrogens with one attached hydrogen (secondary N) is 1. The van der Waals surface area contributed by atoms with E-state index in [1.165, 1.54) is 4.90 Å². The van der Waals surface area contributed by atoms with Gasteiger partial charge in [0, 0.05) is 32.7 Å². The summed E-state index contributed by atoms with van der Waals surface area (Å²) in [5.74, 6) is -0.965. The minimum Gasteiger partial charge on any atom is -0.480 e. The van der Waals surface area contributed by atoms with E-state index in [2.05, 4.69) is 5.32 Å². The molecule has 0 aliphatic carbocycles. The molecule has 0 aromatic heterocycles. The van der Waals surface area contributed by atoms with Gasteiger partial charge in [-0.3, -0.25) is 14.6 Å². The van der Waals surface area contributed by atoms with Crippen LogP contribution in [0.15, 0.2) is 0 Å². The number of carboxylic acid groups (broad SMARTS) is 1. The number of likely N-dealkylation sites (N-methyl/N-ethyl adjacent to an activating group) is 1. The average molecular weight is 283 g/mol. The predicted octanol–water partition coefficient (Wildman–Crippen LogP) is 0.229. The van der Waals surface area contributed by atoms with Gasteiger partial charge in [0.1, 0.15) is 5.54 Å². The number of aliphatic carboxylic acids is 1. The Hall–Kier alpha value is -0.860. The smallest absolute Gasteiger partial charge is 0.401 e. The van der Waals surface area contributed by atoms with Gasteiger partial charge < -0.3 is 10.4 Å². The van der Waals surface area contributed by atoms with Crippen molar-refractivity contribution >= 4 is 5.97 Å². The van der Waals surface area contributed by atoms with Crippen LogP contribution in [-0.2, 0) is 4.79 Å². The molecule has 1 saturated heterocycles. The van der Waals surface area contributed by atoms with Gasteiger partial charge in [-0.05, 0) is 14.0 Å². The molecule has 0 bridgehead atoms. The van der Waals surface area contributed by atoms with Crippen LogP contribution in [0.25, 0.3) is 0 Å². The molecule has 1 heterocycles. The van der Waals surface area contributed by atoms with E-state index in [0.717, 1.165) is 0 Å². The van der Waals surface area contributed by atoms with Crippen LogP contribution in [0.3, 0.4) is 0 Å². The highest BCUT2D eigenvalue weighted by Gasteiger charge is 2.36. The van der Waals surface area contributed by atoms with E-state index < -0.39 is 24.2 Å². The van der Waals surface area contributed by atoms with Crippen LogP contribution >= 0.6 is 0 Å². The van der Waals surface area contributed by atoms with E-state index in [1.807, 2.05) is 4.90 Å². The monoisotopic (exact) mass is 283 g/mol. The van der Waals surface area contributed by atoms with Crippen molar-refractivity contribution in [3.63, 3.8) is 0 Å². The zero-order valence-electron chi connectivity index (χ0n) is 11.1. The second-order valence-corrected chi connectivity index (χ2v) is 5.05. The summed E-state index contributed by atoms with van der Waals surface area (Å²) >= 11 is 0. The Labute approximate surface area is 110 Å². The molecule has 0 aromatic rings. The van der Waals surface area contributed by atoms with E-state index in [9.17, 15) is 18.0 Å². The third-order valence-electron chi connectivity index (χ3n) is 3.43. The number of hydrogen-bond donors (Lipinski definition) is 2. The van der Waals surface area contributed by atoms with Crippen LogP contribution in [-0.4, -0.2) is 78.9 Å². The zero-order valence-corrected chi connectivity index (χ0v) is 11.1. The fourth-order valence-corrected chi connectivity index (χ4v) is 2.06. The van der Waals surface area contributed by atoms with E-state index in [4.69, 9.17) is 5.11 Å². The Kier molecular flexibility index (Phi) is 5.17. The van der Waals surface area contributed by atoms with Gasteiger partial charge in [0.05, 0.1) is 6.54 Å². The lowest BCUT2D eigenvalue weighted by Gasteiger charge is -2.38. The quantitative estimate of drug-likeness (QED) is 0.756. The molecule has 1 aliphatic rings. The molecule has 8 heteroatoms. The molecule has 0 aromatic carbocycles. The molecule has 0 spiro atoms. The SMILES string of the molecule is CNC(C)(CN1CCN(CC(F)(F)F)CC1)C(=O)O. The van der Waals surface area contributed by atoms with E-state index in [0.29, 0.717) is 26.2 Å². The van der Waals surface area contributed by atoms with Crippen LogP contribution in [0.5, 0.6) is 0 Å². The largest absolute Gasteiger partial charge is 0.480 e. The Morgan fingerprint density at radius 2 is 1.58 bits per heavy atom. The number of carboxylic acids is 1. The third-order valence-corrected chi connectivity index (χ3v) is 3.43. The van der Waals surface area contributed by atoms with Crippen molar-refractivity contribution in [1.29, 1.82) is 0 Å². The lowest BCUT2D eigenvalue weighted by Crippen LogP contribution is -2.59. The zero-order chi connectivity index (χ0) is 14.7. The van der Waals surface area contributed by atoms with Crippen molar-refractivity contribution < 1.29 is 23.1 Å². The molecule has 0 radical (unpaired) electrons. The molecule has 1 atom stereocenters. The highest BCUT2D eigenvalue weighted by molar-refractivity contribution is 5.78. The average Bonchev–Trinajstić information content (AvgIpc) is 2.29. The van der Waals surface area contributed by atoms with Crippen molar-refractivity contribution in [2.45, 2.75) is 18.6 Å². The van der Waals surface area contributed by atoms with Gasteiger partial charge in [0.15, 0.2) is 0 Å². The fraction of sp³-hybridized carbons (Fsp3) is 0.909. The van der Waals surface area contributed by atoms with E-state index in [1.54, 1.807) is 14.0 Å². The molecule has 2 N–H and O–H groups in total. The lowest BCUT2D eigenvalue weighted by atomic mass is 10.0. The summed E-state index contributed by atoms with van der Waals surface area (Å²) in [6.45, 7) is 2.44. The van der Waals surface area contributed by atoms with E-state index in [-0.39, 0.29) is 6.54 Å². The van der Waals surface area contributed by atoms with Crippen LogP contribution in [0.1, 0.15) is 6.92 Å². The first-order chi connectivity index (χ1) is 8.66. The maximum Gasteiger partial charge on any atom is 0.401 e. The summed E-state index contributed by atoms with van der Waals surface area (Å²) in [5.41, 5.74) is -1.08. The first-order valence-corrected chi connectivity index (χ1v) is 6.10. The van der Waals surface area contributed by atoms with Gasteiger partial charge in [-0.15, -0.1) is 0 Å². The lowest BCUT2D eigenvalue weighted by molar-refractivity contribution is -0.150. The summed E-state index contributed by atoms with van der Waals surface area (Å²) in [6.07, 6.45) is -4.18. The summed E-state index contributed by atoms with van der Waals surface area (Å²) < 4.78 is 36.7. The molecule has 0 amide bonds. The third kappa shape index (κ3) is 4.96. The minimum absolute atomic E-state index is 0.276. The maximum atomic E-state index is 12.2. The number of carbonyl (C=O) groups is 1. The first-order valence-electron chi connectivity index (χ1n) is 6.10. The van der Waals surface area contributed by atoms with Gasteiger partial charge >= 0.3 is 12.1 Å². The molecule has 0 saturated carbocycles. The first kappa shape index (κ1) is 16.2. The number of piperazine rings is 1. The van der Waals surface area contributed by atoms with Crippen molar-refractivity contribution in [1.82, 2.24) is 15.1 Å². The Morgan fingerprint density at radius 1 is 1.16 bits per heavy atom. The molecule has 1 fully saturated rings. The van der Waals surface area contributed by atoms with Gasteiger partial charge in [-0.1, -0.05) is 0 Å². The molecule has 112 valence electrons. The highest BCUT2D eigenvalue weighted by atomic mass is 19.4. The van der Waals surface area contributed by atoms with Crippen LogP contribution < -0.4 is 5.32 Å². The molecule has 5 nitrogen and oxygen atoms in total. The Morgan fingerprint density at radius 3 is 1.89 bits per heavy atom.